The summed E-state index contributed by atoms with van der Waals surface area (Å²) in [7, 11) is -3.53. The molecule has 4 aromatic carbocycles. The molecule has 0 amide bonds. The van der Waals surface area contributed by atoms with Crippen molar-refractivity contribution in [1.82, 2.24) is 0 Å². The number of hydrogen-bond acceptors (Lipinski definition) is 7. The Bertz CT molecular complexity index is 1740. The molecule has 0 saturated carbocycles. The van der Waals surface area contributed by atoms with E-state index >= 15 is 0 Å². The third-order valence-electron chi connectivity index (χ3n) is 6.40. The van der Waals surface area contributed by atoms with Crippen LogP contribution in [0.3, 0.4) is 0 Å². The number of esters is 1. The van der Waals surface area contributed by atoms with Crippen LogP contribution in [0.2, 0.25) is 0 Å². The van der Waals surface area contributed by atoms with Gasteiger partial charge in [0.25, 0.3) is 0 Å². The zero-order chi connectivity index (χ0) is 31.9. The lowest BCUT2D eigenvalue weighted by Gasteiger charge is -2.28. The van der Waals surface area contributed by atoms with Crippen molar-refractivity contribution >= 4 is 43.3 Å². The summed E-state index contributed by atoms with van der Waals surface area (Å²) in [4.78, 5) is 13.6. The smallest absolute Gasteiger partial charge is 0.344 e. The van der Waals surface area contributed by atoms with Gasteiger partial charge in [-0.05, 0) is 83.4 Å². The molecule has 1 N–H and O–H groups in total. The molecule has 12 heteroatoms. The van der Waals surface area contributed by atoms with Gasteiger partial charge < -0.3 is 19.1 Å². The number of benzene rings is 4. The summed E-state index contributed by atoms with van der Waals surface area (Å²) in [5.41, 5.74) is 2.86. The first-order chi connectivity index (χ1) is 20.9. The van der Waals surface area contributed by atoms with E-state index in [-0.39, 0.29) is 25.3 Å². The Kier molecular flexibility index (Phi) is 10.8. The average molecular weight is 690 g/mol. The second-order valence-electron chi connectivity index (χ2n) is 9.85. The molecule has 0 aliphatic carbocycles. The Morgan fingerprint density at radius 2 is 1.68 bits per heavy atom. The summed E-state index contributed by atoms with van der Waals surface area (Å²) in [5, 5.41) is 0. The van der Waals surface area contributed by atoms with E-state index in [1.54, 1.807) is 56.3 Å². The topological polar surface area (TPSA) is 94.2 Å². The van der Waals surface area contributed by atoms with E-state index in [2.05, 4.69) is 20.7 Å². The van der Waals surface area contributed by atoms with Crippen LogP contribution in [0.5, 0.6) is 17.2 Å². The van der Waals surface area contributed by atoms with Gasteiger partial charge in [0.1, 0.15) is 28.9 Å². The van der Waals surface area contributed by atoms with Crippen LogP contribution in [-0.4, -0.2) is 33.9 Å². The molecule has 0 radical (unpaired) electrons. The number of halogens is 3. The first kappa shape index (κ1) is 32.7. The summed E-state index contributed by atoms with van der Waals surface area (Å²) >= 11 is 3.40. The van der Waals surface area contributed by atoms with Gasteiger partial charge >= 0.3 is 5.97 Å². The van der Waals surface area contributed by atoms with Crippen LogP contribution < -0.4 is 19.1 Å². The fourth-order valence-electron chi connectivity index (χ4n) is 4.37. The van der Waals surface area contributed by atoms with Crippen LogP contribution in [-0.2, 0) is 32.6 Å². The minimum Gasteiger partial charge on any atom is -0.481 e. The molecule has 0 aliphatic heterocycles. The summed E-state index contributed by atoms with van der Waals surface area (Å²) in [6.45, 7) is 3.93. The summed E-state index contributed by atoms with van der Waals surface area (Å²) < 4.78 is 71.8. The molecule has 4 aromatic rings. The van der Waals surface area contributed by atoms with E-state index in [0.717, 1.165) is 17.9 Å². The Balaban J connectivity index is 1.56. The number of anilines is 2. The van der Waals surface area contributed by atoms with Crippen molar-refractivity contribution < 1.29 is 36.2 Å². The SMILES string of the molecule is CCOC(=O)COc1cc(Oc2ccc(CN(Cc3ccc(F)cc3F)c3cccc(NS(C)(=O)=O)c3C)cc2)ccc1Br. The summed E-state index contributed by atoms with van der Waals surface area (Å²) in [5.74, 6) is -0.391. The van der Waals surface area contributed by atoms with E-state index in [0.29, 0.717) is 45.2 Å². The second-order valence-corrected chi connectivity index (χ2v) is 12.5. The Morgan fingerprint density at radius 1 is 0.955 bits per heavy atom. The van der Waals surface area contributed by atoms with E-state index in [4.69, 9.17) is 14.2 Å². The average Bonchev–Trinajstić information content (AvgIpc) is 2.96. The molecule has 0 heterocycles. The Morgan fingerprint density at radius 3 is 2.36 bits per heavy atom. The molecule has 232 valence electrons. The van der Waals surface area contributed by atoms with Crippen LogP contribution in [0.25, 0.3) is 0 Å². The van der Waals surface area contributed by atoms with Gasteiger partial charge in [0.05, 0.1) is 23.0 Å². The minimum absolute atomic E-state index is 0.0982. The van der Waals surface area contributed by atoms with Crippen molar-refractivity contribution in [3.05, 3.63) is 112 Å². The normalized spacial score (nSPS) is 11.1. The highest BCUT2D eigenvalue weighted by molar-refractivity contribution is 9.10. The van der Waals surface area contributed by atoms with Crippen molar-refractivity contribution in [2.45, 2.75) is 26.9 Å². The van der Waals surface area contributed by atoms with Gasteiger partial charge in [-0.15, -0.1) is 0 Å². The molecular weight excluding hydrogens is 658 g/mol. The van der Waals surface area contributed by atoms with Crippen LogP contribution in [0.15, 0.2) is 83.3 Å². The molecule has 8 nitrogen and oxygen atoms in total. The number of sulfonamides is 1. The Hall–Kier alpha value is -4.16. The lowest BCUT2D eigenvalue weighted by molar-refractivity contribution is -0.145. The number of carbonyl (C=O) groups is 1. The van der Waals surface area contributed by atoms with Crippen molar-refractivity contribution in [1.29, 1.82) is 0 Å². The largest absolute Gasteiger partial charge is 0.481 e. The van der Waals surface area contributed by atoms with E-state index < -0.39 is 27.6 Å². The molecule has 0 aliphatic rings. The quantitative estimate of drug-likeness (QED) is 0.147. The van der Waals surface area contributed by atoms with Crippen molar-refractivity contribution in [3.8, 4) is 17.2 Å². The van der Waals surface area contributed by atoms with Crippen LogP contribution in [0, 0.1) is 18.6 Å². The minimum atomic E-state index is -3.53. The molecule has 4 rings (SSSR count). The first-order valence-electron chi connectivity index (χ1n) is 13.5. The van der Waals surface area contributed by atoms with Gasteiger partial charge in [0, 0.05) is 36.5 Å². The van der Waals surface area contributed by atoms with Crippen molar-refractivity contribution in [2.24, 2.45) is 0 Å². The van der Waals surface area contributed by atoms with E-state index in [1.807, 2.05) is 23.1 Å². The van der Waals surface area contributed by atoms with Crippen LogP contribution in [0.1, 0.15) is 23.6 Å². The monoisotopic (exact) mass is 688 g/mol. The highest BCUT2D eigenvalue weighted by atomic mass is 79.9. The van der Waals surface area contributed by atoms with Gasteiger partial charge in [0.2, 0.25) is 10.0 Å². The maximum atomic E-state index is 14.7. The van der Waals surface area contributed by atoms with Gasteiger partial charge in [-0.25, -0.2) is 22.0 Å². The Labute approximate surface area is 263 Å². The number of rotatable bonds is 13. The molecule has 0 fully saturated rings. The number of ether oxygens (including phenoxy) is 3. The first-order valence-corrected chi connectivity index (χ1v) is 16.2. The lowest BCUT2D eigenvalue weighted by Crippen LogP contribution is -2.24. The fraction of sp³-hybridized carbons (Fsp3) is 0.219. The van der Waals surface area contributed by atoms with Gasteiger partial charge in [0.15, 0.2) is 6.61 Å². The molecule has 0 atom stereocenters. The number of carbonyl (C=O) groups excluding carboxylic acids is 1. The van der Waals surface area contributed by atoms with Crippen molar-refractivity contribution in [3.63, 3.8) is 0 Å². The molecular formula is C32H31BrF2N2O6S. The third-order valence-corrected chi connectivity index (χ3v) is 7.65. The number of hydrogen-bond donors (Lipinski definition) is 1. The molecule has 0 bridgehead atoms. The van der Waals surface area contributed by atoms with E-state index in [9.17, 15) is 22.0 Å². The standard InChI is InChI=1S/C32H31BrF2N2O6S/c1-4-41-32(38)20-42-31-17-26(14-15-27(31)33)43-25-12-8-22(9-13-25)18-37(19-23-10-11-24(34)16-28(23)35)30-7-5-6-29(21(30)2)36-44(3,39)40/h5-17,36H,4,18-20H2,1-3H3. The highest BCUT2D eigenvalue weighted by Gasteiger charge is 2.17. The predicted molar refractivity (Wildman–Crippen MR) is 169 cm³/mol. The molecule has 44 heavy (non-hydrogen) atoms. The highest BCUT2D eigenvalue weighted by Crippen LogP contribution is 2.33. The summed E-state index contributed by atoms with van der Waals surface area (Å²) in [6, 6.07) is 21.0. The third kappa shape index (κ3) is 9.17. The van der Waals surface area contributed by atoms with Crippen LogP contribution >= 0.6 is 15.9 Å². The van der Waals surface area contributed by atoms with Crippen molar-refractivity contribution in [2.75, 3.05) is 29.1 Å². The maximum Gasteiger partial charge on any atom is 0.344 e. The number of nitrogens with zero attached hydrogens (tertiary/aromatic N) is 1. The number of nitrogens with one attached hydrogen (secondary N) is 1. The molecule has 0 unspecified atom stereocenters. The zero-order valence-corrected chi connectivity index (χ0v) is 26.7. The zero-order valence-electron chi connectivity index (χ0n) is 24.3. The maximum absolute atomic E-state index is 14.7. The molecule has 0 spiro atoms. The fourth-order valence-corrected chi connectivity index (χ4v) is 5.36. The molecule has 0 saturated heterocycles. The predicted octanol–water partition coefficient (Wildman–Crippen LogP) is 7.35. The van der Waals surface area contributed by atoms with Crippen LogP contribution in [0.4, 0.5) is 20.2 Å². The van der Waals surface area contributed by atoms with Gasteiger partial charge in [-0.1, -0.05) is 24.3 Å². The van der Waals surface area contributed by atoms with E-state index in [1.165, 1.54) is 12.1 Å². The summed E-state index contributed by atoms with van der Waals surface area (Å²) in [6.07, 6.45) is 1.07. The molecule has 0 aromatic heterocycles. The van der Waals surface area contributed by atoms with Gasteiger partial charge in [-0.2, -0.15) is 0 Å². The second kappa shape index (κ2) is 14.5. The lowest BCUT2D eigenvalue weighted by atomic mass is 10.1. The van der Waals surface area contributed by atoms with Gasteiger partial charge in [-0.3, -0.25) is 4.72 Å².